The average molecular weight is 403 g/mol. The monoisotopic (exact) mass is 402 g/mol. The minimum Gasteiger partial charge on any atom is -0.484 e. The Morgan fingerprint density at radius 1 is 1.12 bits per heavy atom. The maximum absolute atomic E-state index is 12.9. The number of hydrogen-bond acceptors (Lipinski definition) is 2. The summed E-state index contributed by atoms with van der Waals surface area (Å²) in [5.74, 6) is 0.967. The Hall–Kier alpha value is -1.92. The van der Waals surface area contributed by atoms with Gasteiger partial charge in [0.2, 0.25) is 0 Å². The van der Waals surface area contributed by atoms with E-state index in [1.54, 1.807) is 18.2 Å². The maximum Gasteiger partial charge on any atom is 0.416 e. The lowest BCUT2D eigenvalue weighted by molar-refractivity contribution is -0.137. The van der Waals surface area contributed by atoms with Crippen molar-refractivity contribution in [2.75, 3.05) is 0 Å². The Morgan fingerprint density at radius 3 is 2.54 bits per heavy atom. The highest BCUT2D eigenvalue weighted by atomic mass is 35.5. The second-order valence-electron chi connectivity index (χ2n) is 5.74. The molecule has 1 aromatic heterocycles. The molecule has 26 heavy (non-hydrogen) atoms. The standard InChI is InChI=1S/C18H15Cl2F3N2O/c1-2-7-25-15-5-3-11(18(21,22)23)8-14(15)24-17(25)10-26-16-6-4-12(19)9-13(16)20/h3-6,8-9H,2,7,10H2,1H3. The van der Waals surface area contributed by atoms with Crippen LogP contribution in [-0.4, -0.2) is 9.55 Å². The lowest BCUT2D eigenvalue weighted by Gasteiger charge is -2.11. The molecule has 2 aromatic carbocycles. The quantitative estimate of drug-likeness (QED) is 0.496. The minimum absolute atomic E-state index is 0.0807. The molecule has 3 aromatic rings. The van der Waals surface area contributed by atoms with Crippen LogP contribution in [0.1, 0.15) is 24.7 Å². The van der Waals surface area contributed by atoms with Crippen LogP contribution in [0.25, 0.3) is 11.0 Å². The van der Waals surface area contributed by atoms with Gasteiger partial charge in [-0.1, -0.05) is 30.1 Å². The van der Waals surface area contributed by atoms with Crippen molar-refractivity contribution in [3.8, 4) is 5.75 Å². The fraction of sp³-hybridized carbons (Fsp3) is 0.278. The Morgan fingerprint density at radius 2 is 1.88 bits per heavy atom. The molecule has 8 heteroatoms. The normalized spacial score (nSPS) is 11.9. The molecule has 1 heterocycles. The molecule has 138 valence electrons. The molecule has 0 saturated heterocycles. The Bertz CT molecular complexity index is 938. The van der Waals surface area contributed by atoms with E-state index < -0.39 is 11.7 Å². The number of hydrogen-bond donors (Lipinski definition) is 0. The van der Waals surface area contributed by atoms with Crippen molar-refractivity contribution in [1.29, 1.82) is 0 Å². The van der Waals surface area contributed by atoms with Crippen LogP contribution in [0.4, 0.5) is 13.2 Å². The summed E-state index contributed by atoms with van der Waals surface area (Å²) in [6, 6.07) is 8.41. The van der Waals surface area contributed by atoms with E-state index in [1.165, 1.54) is 6.07 Å². The van der Waals surface area contributed by atoms with Gasteiger partial charge in [0.25, 0.3) is 0 Å². The smallest absolute Gasteiger partial charge is 0.416 e. The van der Waals surface area contributed by atoms with Gasteiger partial charge >= 0.3 is 6.18 Å². The highest BCUT2D eigenvalue weighted by Gasteiger charge is 2.31. The molecule has 0 bridgehead atoms. The van der Waals surface area contributed by atoms with Gasteiger partial charge in [-0.05, 0) is 42.8 Å². The van der Waals surface area contributed by atoms with Gasteiger partial charge in [0.1, 0.15) is 18.2 Å². The van der Waals surface area contributed by atoms with Crippen LogP contribution in [0, 0.1) is 0 Å². The molecule has 3 rings (SSSR count). The van der Waals surface area contributed by atoms with Crippen molar-refractivity contribution < 1.29 is 17.9 Å². The summed E-state index contributed by atoms with van der Waals surface area (Å²) in [5.41, 5.74) is 0.203. The van der Waals surface area contributed by atoms with Crippen LogP contribution in [-0.2, 0) is 19.3 Å². The lowest BCUT2D eigenvalue weighted by atomic mass is 10.2. The topological polar surface area (TPSA) is 27.1 Å². The van der Waals surface area contributed by atoms with E-state index in [-0.39, 0.29) is 12.1 Å². The third-order valence-electron chi connectivity index (χ3n) is 3.85. The van der Waals surface area contributed by atoms with Crippen LogP contribution in [0.2, 0.25) is 10.0 Å². The van der Waals surface area contributed by atoms with Crippen molar-refractivity contribution in [1.82, 2.24) is 9.55 Å². The van der Waals surface area contributed by atoms with Crippen LogP contribution < -0.4 is 4.74 Å². The van der Waals surface area contributed by atoms with Crippen LogP contribution >= 0.6 is 23.2 Å². The Balaban J connectivity index is 1.94. The van der Waals surface area contributed by atoms with E-state index in [1.807, 2.05) is 11.5 Å². The van der Waals surface area contributed by atoms with Crippen molar-refractivity contribution >= 4 is 34.2 Å². The lowest BCUT2D eigenvalue weighted by Crippen LogP contribution is -2.07. The molecule has 0 radical (unpaired) electrons. The largest absolute Gasteiger partial charge is 0.484 e. The summed E-state index contributed by atoms with van der Waals surface area (Å²) in [6.07, 6.45) is -3.60. The first-order valence-corrected chi connectivity index (χ1v) is 8.69. The summed E-state index contributed by atoms with van der Waals surface area (Å²) in [7, 11) is 0. The zero-order valence-electron chi connectivity index (χ0n) is 13.8. The molecular formula is C18H15Cl2F3N2O. The Labute approximate surface area is 158 Å². The molecule has 0 aliphatic carbocycles. The Kier molecular flexibility index (Phi) is 5.34. The number of imidazole rings is 1. The minimum atomic E-state index is -4.41. The van der Waals surface area contributed by atoms with E-state index in [0.29, 0.717) is 33.7 Å². The number of aromatic nitrogens is 2. The number of halogens is 5. The highest BCUT2D eigenvalue weighted by Crippen LogP contribution is 2.32. The average Bonchev–Trinajstić information content (AvgIpc) is 2.91. The molecule has 0 aliphatic heterocycles. The molecule has 0 saturated carbocycles. The van der Waals surface area contributed by atoms with Gasteiger partial charge in [0.05, 0.1) is 21.6 Å². The van der Waals surface area contributed by atoms with E-state index in [2.05, 4.69) is 4.98 Å². The number of benzene rings is 2. The van der Waals surface area contributed by atoms with Gasteiger partial charge in [0.15, 0.2) is 0 Å². The molecular weight excluding hydrogens is 388 g/mol. The third-order valence-corrected chi connectivity index (χ3v) is 4.38. The van der Waals surface area contributed by atoms with Crippen molar-refractivity contribution in [2.24, 2.45) is 0 Å². The second kappa shape index (κ2) is 7.37. The SMILES string of the molecule is CCCn1c(COc2ccc(Cl)cc2Cl)nc2cc(C(F)(F)F)ccc21. The van der Waals surface area contributed by atoms with Gasteiger partial charge in [-0.3, -0.25) is 0 Å². The van der Waals surface area contributed by atoms with Crippen LogP contribution in [0.15, 0.2) is 36.4 Å². The van der Waals surface area contributed by atoms with E-state index in [4.69, 9.17) is 27.9 Å². The maximum atomic E-state index is 12.9. The van der Waals surface area contributed by atoms with Crippen molar-refractivity contribution in [2.45, 2.75) is 32.7 Å². The van der Waals surface area contributed by atoms with Gasteiger partial charge in [0, 0.05) is 11.6 Å². The molecule has 0 unspecified atom stereocenters. The van der Waals surface area contributed by atoms with Gasteiger partial charge < -0.3 is 9.30 Å². The zero-order chi connectivity index (χ0) is 18.9. The van der Waals surface area contributed by atoms with Gasteiger partial charge in [-0.15, -0.1) is 0 Å². The summed E-state index contributed by atoms with van der Waals surface area (Å²) in [6.45, 7) is 2.68. The summed E-state index contributed by atoms with van der Waals surface area (Å²) < 4.78 is 46.4. The first-order chi connectivity index (χ1) is 12.3. The molecule has 0 fully saturated rings. The van der Waals surface area contributed by atoms with Crippen LogP contribution in [0.3, 0.4) is 0 Å². The number of aryl methyl sites for hydroxylation is 1. The second-order valence-corrected chi connectivity index (χ2v) is 6.59. The number of fused-ring (bicyclic) bond motifs is 1. The zero-order valence-corrected chi connectivity index (χ0v) is 15.3. The molecule has 0 N–H and O–H groups in total. The molecule has 0 spiro atoms. The summed E-state index contributed by atoms with van der Waals surface area (Å²) >= 11 is 11.9. The van der Waals surface area contributed by atoms with E-state index in [9.17, 15) is 13.2 Å². The van der Waals surface area contributed by atoms with Gasteiger partial charge in [-0.2, -0.15) is 13.2 Å². The fourth-order valence-corrected chi connectivity index (χ4v) is 3.14. The number of alkyl halides is 3. The highest BCUT2D eigenvalue weighted by molar-refractivity contribution is 6.35. The predicted molar refractivity (Wildman–Crippen MR) is 95.8 cm³/mol. The fourth-order valence-electron chi connectivity index (χ4n) is 2.67. The molecule has 3 nitrogen and oxygen atoms in total. The summed E-state index contributed by atoms with van der Waals surface area (Å²) in [5, 5.41) is 0.843. The van der Waals surface area contributed by atoms with E-state index >= 15 is 0 Å². The number of rotatable bonds is 5. The third kappa shape index (κ3) is 3.91. The first kappa shape index (κ1) is 18.9. The molecule has 0 amide bonds. The number of ether oxygens (including phenoxy) is 1. The predicted octanol–water partition coefficient (Wildman–Crippen LogP) is 6.35. The van der Waals surface area contributed by atoms with Crippen molar-refractivity contribution in [3.05, 3.63) is 57.8 Å². The molecule has 0 aliphatic rings. The van der Waals surface area contributed by atoms with Gasteiger partial charge in [-0.25, -0.2) is 4.98 Å². The first-order valence-electron chi connectivity index (χ1n) is 7.94. The van der Waals surface area contributed by atoms with Crippen LogP contribution in [0.5, 0.6) is 5.75 Å². The van der Waals surface area contributed by atoms with E-state index in [0.717, 1.165) is 18.6 Å². The summed E-state index contributed by atoms with van der Waals surface area (Å²) in [4.78, 5) is 4.34. The number of nitrogens with zero attached hydrogens (tertiary/aromatic N) is 2. The van der Waals surface area contributed by atoms with Crippen molar-refractivity contribution in [3.63, 3.8) is 0 Å². The molecule has 0 atom stereocenters.